The van der Waals surface area contributed by atoms with Gasteiger partial charge in [-0.3, -0.25) is 9.69 Å². The molecule has 6 nitrogen and oxygen atoms in total. The molecule has 1 fully saturated rings. The molecule has 1 saturated carbocycles. The number of nitrogens with zero attached hydrogens (tertiary/aromatic N) is 1. The molecule has 1 N–H and O–H groups in total. The minimum atomic E-state index is -0.105. The summed E-state index contributed by atoms with van der Waals surface area (Å²) in [5.41, 5.74) is 0.990. The molecule has 0 saturated heterocycles. The highest BCUT2D eigenvalue weighted by atomic mass is 16.7. The van der Waals surface area contributed by atoms with Crippen LogP contribution in [0.4, 0.5) is 0 Å². The van der Waals surface area contributed by atoms with Crippen LogP contribution in [-0.2, 0) is 11.3 Å². The van der Waals surface area contributed by atoms with Crippen molar-refractivity contribution in [2.75, 3.05) is 20.4 Å². The zero-order valence-electron chi connectivity index (χ0n) is 16.0. The molecule has 6 heteroatoms. The molecule has 1 aromatic heterocycles. The first kappa shape index (κ1) is 17.9. The quantitative estimate of drug-likeness (QED) is 0.809. The van der Waals surface area contributed by atoms with Gasteiger partial charge >= 0.3 is 0 Å². The predicted molar refractivity (Wildman–Crippen MR) is 101 cm³/mol. The Morgan fingerprint density at radius 2 is 2.04 bits per heavy atom. The second-order valence-electron chi connectivity index (χ2n) is 7.70. The zero-order chi connectivity index (χ0) is 19.0. The fraction of sp³-hybridized carbons (Fsp3) is 0.476. The fourth-order valence-electron chi connectivity index (χ4n) is 3.52. The molecule has 0 unspecified atom stereocenters. The number of carbonyl (C=O) groups is 1. The zero-order valence-corrected chi connectivity index (χ0v) is 16.0. The van der Waals surface area contributed by atoms with Gasteiger partial charge in [0.1, 0.15) is 11.5 Å². The highest BCUT2D eigenvalue weighted by Crippen LogP contribution is 2.47. The third-order valence-electron chi connectivity index (χ3n) is 5.27. The Balaban J connectivity index is 1.27. The normalized spacial score (nSPS) is 21.3. The van der Waals surface area contributed by atoms with E-state index in [1.807, 2.05) is 43.1 Å². The van der Waals surface area contributed by atoms with E-state index >= 15 is 0 Å². The van der Waals surface area contributed by atoms with Gasteiger partial charge in [-0.1, -0.05) is 13.0 Å². The van der Waals surface area contributed by atoms with Crippen molar-refractivity contribution >= 4 is 5.91 Å². The first-order valence-corrected chi connectivity index (χ1v) is 9.45. The molecule has 0 radical (unpaired) electrons. The van der Waals surface area contributed by atoms with Crippen molar-refractivity contribution in [1.82, 2.24) is 10.2 Å². The first-order chi connectivity index (χ1) is 13.0. The Morgan fingerprint density at radius 3 is 2.81 bits per heavy atom. The Labute approximate surface area is 159 Å². The van der Waals surface area contributed by atoms with Gasteiger partial charge in [-0.2, -0.15) is 0 Å². The van der Waals surface area contributed by atoms with Gasteiger partial charge in [-0.05, 0) is 56.1 Å². The molecule has 144 valence electrons. The van der Waals surface area contributed by atoms with Crippen LogP contribution in [0.25, 0.3) is 0 Å². The topological polar surface area (TPSA) is 63.9 Å². The van der Waals surface area contributed by atoms with Crippen molar-refractivity contribution in [2.24, 2.45) is 5.92 Å². The SMILES string of the molecule is C[C@H](NC(=O)CN(C)Cc1ccc([C@H]2C[C@@H]2C)o1)c1ccc2c(c1)OCO2. The highest BCUT2D eigenvalue weighted by molar-refractivity contribution is 5.78. The second-order valence-corrected chi connectivity index (χ2v) is 7.70. The van der Waals surface area contributed by atoms with E-state index in [4.69, 9.17) is 13.9 Å². The van der Waals surface area contributed by atoms with Crippen molar-refractivity contribution in [3.8, 4) is 11.5 Å². The molecule has 1 aliphatic heterocycles. The van der Waals surface area contributed by atoms with Crippen molar-refractivity contribution in [1.29, 1.82) is 0 Å². The monoisotopic (exact) mass is 370 g/mol. The standard InChI is InChI=1S/C21H26N2O4/c1-13-8-17(13)18-7-5-16(27-18)10-23(3)11-21(24)22-14(2)15-4-6-19-20(9-15)26-12-25-19/h4-7,9,13-14,17H,8,10-12H2,1-3H3,(H,22,24)/t13-,14-,17-/m0/s1. The van der Waals surface area contributed by atoms with E-state index < -0.39 is 0 Å². The van der Waals surface area contributed by atoms with Crippen molar-refractivity contribution in [2.45, 2.75) is 38.8 Å². The maximum absolute atomic E-state index is 12.4. The number of hydrogen-bond donors (Lipinski definition) is 1. The number of amides is 1. The van der Waals surface area contributed by atoms with E-state index in [0.29, 0.717) is 19.0 Å². The maximum atomic E-state index is 12.4. The summed E-state index contributed by atoms with van der Waals surface area (Å²) in [4.78, 5) is 14.3. The largest absolute Gasteiger partial charge is 0.464 e. The summed E-state index contributed by atoms with van der Waals surface area (Å²) in [5, 5.41) is 3.04. The molecule has 2 heterocycles. The summed E-state index contributed by atoms with van der Waals surface area (Å²) in [5.74, 6) is 4.74. The molecule has 0 bridgehead atoms. The van der Waals surface area contributed by atoms with Gasteiger partial charge in [0.2, 0.25) is 12.7 Å². The lowest BCUT2D eigenvalue weighted by atomic mass is 10.1. The van der Waals surface area contributed by atoms with Gasteiger partial charge in [0.15, 0.2) is 11.5 Å². The summed E-state index contributed by atoms with van der Waals surface area (Å²) in [7, 11) is 1.92. The van der Waals surface area contributed by atoms with Gasteiger partial charge < -0.3 is 19.2 Å². The van der Waals surface area contributed by atoms with Crippen LogP contribution in [0, 0.1) is 5.92 Å². The number of ether oxygens (including phenoxy) is 2. The van der Waals surface area contributed by atoms with Crippen LogP contribution in [0.1, 0.15) is 49.3 Å². The summed E-state index contributed by atoms with van der Waals surface area (Å²) in [6.45, 7) is 5.38. The summed E-state index contributed by atoms with van der Waals surface area (Å²) < 4.78 is 16.7. The minimum Gasteiger partial charge on any atom is -0.464 e. The number of benzene rings is 1. The number of carbonyl (C=O) groups excluding carboxylic acids is 1. The van der Waals surface area contributed by atoms with E-state index in [1.54, 1.807) is 0 Å². The molecule has 0 spiro atoms. The Bertz CT molecular complexity index is 831. The predicted octanol–water partition coefficient (Wildman–Crippen LogP) is 3.44. The number of nitrogens with one attached hydrogen (secondary N) is 1. The van der Waals surface area contributed by atoms with Crippen molar-refractivity contribution in [3.05, 3.63) is 47.4 Å². The van der Waals surface area contributed by atoms with Crippen LogP contribution in [0.3, 0.4) is 0 Å². The summed E-state index contributed by atoms with van der Waals surface area (Å²) in [6, 6.07) is 9.73. The molecule has 3 atom stereocenters. The summed E-state index contributed by atoms with van der Waals surface area (Å²) >= 11 is 0. The molecule has 1 aromatic carbocycles. The van der Waals surface area contributed by atoms with Crippen LogP contribution in [0.5, 0.6) is 11.5 Å². The van der Waals surface area contributed by atoms with Gasteiger partial charge in [-0.25, -0.2) is 0 Å². The van der Waals surface area contributed by atoms with Crippen LogP contribution < -0.4 is 14.8 Å². The lowest BCUT2D eigenvalue weighted by Gasteiger charge is -2.18. The number of fused-ring (bicyclic) bond motifs is 1. The average Bonchev–Trinajstić information content (AvgIpc) is 3.01. The highest BCUT2D eigenvalue weighted by Gasteiger charge is 2.36. The molecule has 2 aromatic rings. The van der Waals surface area contributed by atoms with E-state index in [9.17, 15) is 4.79 Å². The van der Waals surface area contributed by atoms with Crippen LogP contribution in [0.15, 0.2) is 34.7 Å². The summed E-state index contributed by atoms with van der Waals surface area (Å²) in [6.07, 6.45) is 1.21. The second kappa shape index (κ2) is 7.27. The fourth-order valence-corrected chi connectivity index (χ4v) is 3.52. The molecule has 1 aliphatic carbocycles. The molecule has 4 rings (SSSR count). The third-order valence-corrected chi connectivity index (χ3v) is 5.27. The Kier molecular flexibility index (Phi) is 4.83. The molecule has 27 heavy (non-hydrogen) atoms. The molecular formula is C21H26N2O4. The smallest absolute Gasteiger partial charge is 0.234 e. The van der Waals surface area contributed by atoms with Crippen LogP contribution in [0.2, 0.25) is 0 Å². The van der Waals surface area contributed by atoms with E-state index in [0.717, 1.165) is 34.5 Å². The van der Waals surface area contributed by atoms with Gasteiger partial charge in [0.05, 0.1) is 19.1 Å². The lowest BCUT2D eigenvalue weighted by Crippen LogP contribution is -2.36. The van der Waals surface area contributed by atoms with E-state index in [2.05, 4.69) is 18.3 Å². The Hall–Kier alpha value is -2.47. The Morgan fingerprint density at radius 1 is 1.26 bits per heavy atom. The number of hydrogen-bond acceptors (Lipinski definition) is 5. The third kappa shape index (κ3) is 4.11. The van der Waals surface area contributed by atoms with E-state index in [1.165, 1.54) is 6.42 Å². The van der Waals surface area contributed by atoms with Crippen LogP contribution >= 0.6 is 0 Å². The number of rotatable bonds is 7. The van der Waals surface area contributed by atoms with Crippen molar-refractivity contribution in [3.63, 3.8) is 0 Å². The molecular weight excluding hydrogens is 344 g/mol. The van der Waals surface area contributed by atoms with Gasteiger partial charge in [0, 0.05) is 5.92 Å². The van der Waals surface area contributed by atoms with Crippen LogP contribution in [-0.4, -0.2) is 31.2 Å². The number of likely N-dealkylation sites (N-methyl/N-ethyl adjacent to an activating group) is 1. The molecule has 2 aliphatic rings. The van der Waals surface area contributed by atoms with Gasteiger partial charge in [-0.15, -0.1) is 0 Å². The lowest BCUT2D eigenvalue weighted by molar-refractivity contribution is -0.122. The van der Waals surface area contributed by atoms with Crippen molar-refractivity contribution < 1.29 is 18.7 Å². The average molecular weight is 370 g/mol. The van der Waals surface area contributed by atoms with Gasteiger partial charge in [0.25, 0.3) is 0 Å². The molecule has 1 amide bonds. The first-order valence-electron chi connectivity index (χ1n) is 9.45. The van der Waals surface area contributed by atoms with E-state index in [-0.39, 0.29) is 18.7 Å². The number of furan rings is 1. The maximum Gasteiger partial charge on any atom is 0.234 e. The minimum absolute atomic E-state index is 0.0229.